The van der Waals surface area contributed by atoms with E-state index in [-0.39, 0.29) is 0 Å². The van der Waals surface area contributed by atoms with Crippen LogP contribution in [0.5, 0.6) is 5.75 Å². The summed E-state index contributed by atoms with van der Waals surface area (Å²) in [5.41, 5.74) is 3.79. The van der Waals surface area contributed by atoms with Gasteiger partial charge in [0, 0.05) is 19.0 Å². The highest BCUT2D eigenvalue weighted by Crippen LogP contribution is 2.31. The van der Waals surface area contributed by atoms with E-state index >= 15 is 0 Å². The average molecular weight is 339 g/mol. The lowest BCUT2D eigenvalue weighted by molar-refractivity contribution is 0.171. The minimum Gasteiger partial charge on any atom is -0.496 e. The molecule has 1 unspecified atom stereocenters. The Morgan fingerprint density at radius 3 is 2.65 bits per heavy atom. The number of ether oxygens (including phenoxy) is 1. The van der Waals surface area contributed by atoms with E-state index in [1.54, 1.807) is 11.8 Å². The number of aliphatic hydroxyl groups is 1. The number of aryl methyl sites for hydroxylation is 3. The van der Waals surface area contributed by atoms with E-state index in [1.807, 2.05) is 39.1 Å². The van der Waals surface area contributed by atoms with Crippen molar-refractivity contribution >= 4 is 15.9 Å². The number of halogens is 1. The summed E-state index contributed by atoms with van der Waals surface area (Å²) in [6.45, 7) is 3.94. The van der Waals surface area contributed by atoms with Crippen LogP contribution in [-0.2, 0) is 13.5 Å². The van der Waals surface area contributed by atoms with E-state index in [2.05, 4.69) is 21.0 Å². The summed E-state index contributed by atoms with van der Waals surface area (Å²) in [7, 11) is 3.50. The first kappa shape index (κ1) is 15.1. The van der Waals surface area contributed by atoms with Gasteiger partial charge in [0.15, 0.2) is 0 Å². The molecule has 0 aliphatic heterocycles. The molecule has 4 nitrogen and oxygen atoms in total. The Kier molecular flexibility index (Phi) is 4.50. The van der Waals surface area contributed by atoms with E-state index in [0.717, 1.165) is 27.0 Å². The molecular weight excluding hydrogens is 320 g/mol. The van der Waals surface area contributed by atoms with Crippen molar-refractivity contribution in [2.75, 3.05) is 7.11 Å². The Balaban J connectivity index is 2.30. The van der Waals surface area contributed by atoms with Crippen LogP contribution < -0.4 is 4.74 Å². The van der Waals surface area contributed by atoms with Crippen LogP contribution in [0.2, 0.25) is 0 Å². The number of rotatable bonds is 4. The molecule has 108 valence electrons. The molecule has 0 saturated carbocycles. The van der Waals surface area contributed by atoms with E-state index in [4.69, 9.17) is 4.74 Å². The van der Waals surface area contributed by atoms with Gasteiger partial charge in [-0.1, -0.05) is 12.1 Å². The highest BCUT2D eigenvalue weighted by molar-refractivity contribution is 9.10. The van der Waals surface area contributed by atoms with E-state index in [9.17, 15) is 5.11 Å². The number of hydrogen-bond donors (Lipinski definition) is 1. The zero-order valence-corrected chi connectivity index (χ0v) is 13.7. The highest BCUT2D eigenvalue weighted by Gasteiger charge is 2.19. The number of methoxy groups -OCH3 is 1. The van der Waals surface area contributed by atoms with Gasteiger partial charge in [0.1, 0.15) is 5.75 Å². The molecule has 0 fully saturated rings. The fraction of sp³-hybridized carbons (Fsp3) is 0.400. The largest absolute Gasteiger partial charge is 0.496 e. The molecule has 0 aliphatic rings. The predicted molar refractivity (Wildman–Crippen MR) is 82.0 cm³/mol. The minimum atomic E-state index is -0.628. The van der Waals surface area contributed by atoms with Crippen LogP contribution in [0.3, 0.4) is 0 Å². The van der Waals surface area contributed by atoms with Gasteiger partial charge in [-0.3, -0.25) is 4.68 Å². The lowest BCUT2D eigenvalue weighted by atomic mass is 10.0. The van der Waals surface area contributed by atoms with Crippen LogP contribution in [-0.4, -0.2) is 22.0 Å². The molecule has 1 aromatic heterocycles. The van der Waals surface area contributed by atoms with Crippen molar-refractivity contribution in [3.63, 3.8) is 0 Å². The molecule has 2 rings (SSSR count). The summed E-state index contributed by atoms with van der Waals surface area (Å²) < 4.78 is 8.10. The summed E-state index contributed by atoms with van der Waals surface area (Å²) >= 11 is 3.52. The summed E-state index contributed by atoms with van der Waals surface area (Å²) in [5, 5.41) is 14.8. The molecule has 20 heavy (non-hydrogen) atoms. The topological polar surface area (TPSA) is 47.3 Å². The number of nitrogens with zero attached hydrogens (tertiary/aromatic N) is 2. The zero-order valence-electron chi connectivity index (χ0n) is 12.1. The van der Waals surface area contributed by atoms with Crippen LogP contribution >= 0.6 is 15.9 Å². The third-order valence-corrected chi connectivity index (χ3v) is 4.43. The predicted octanol–water partition coefficient (Wildman–Crippen LogP) is 3.08. The molecule has 1 N–H and O–H groups in total. The molecule has 1 heterocycles. The SMILES string of the molecule is COc1cc(C)ccc1C(O)Cc1c(Br)c(C)nn1C. The zero-order chi connectivity index (χ0) is 14.9. The fourth-order valence-electron chi connectivity index (χ4n) is 2.29. The lowest BCUT2D eigenvalue weighted by Crippen LogP contribution is -2.08. The van der Waals surface area contributed by atoms with Gasteiger partial charge >= 0.3 is 0 Å². The molecule has 0 amide bonds. The van der Waals surface area contributed by atoms with Crippen molar-refractivity contribution in [1.29, 1.82) is 0 Å². The van der Waals surface area contributed by atoms with Crippen LogP contribution in [0.15, 0.2) is 22.7 Å². The first-order valence-electron chi connectivity index (χ1n) is 6.44. The quantitative estimate of drug-likeness (QED) is 0.931. The monoisotopic (exact) mass is 338 g/mol. The van der Waals surface area contributed by atoms with Gasteiger partial charge in [-0.25, -0.2) is 0 Å². The van der Waals surface area contributed by atoms with Crippen molar-refractivity contribution in [3.8, 4) is 5.75 Å². The summed E-state index contributed by atoms with van der Waals surface area (Å²) in [4.78, 5) is 0. The average Bonchev–Trinajstić information content (AvgIpc) is 2.65. The first-order chi connectivity index (χ1) is 9.43. The van der Waals surface area contributed by atoms with E-state index in [1.165, 1.54) is 0 Å². The van der Waals surface area contributed by atoms with Crippen LogP contribution in [0, 0.1) is 13.8 Å². The maximum atomic E-state index is 10.5. The van der Waals surface area contributed by atoms with Crippen molar-refractivity contribution in [1.82, 2.24) is 9.78 Å². The molecule has 2 aromatic rings. The number of aliphatic hydroxyl groups excluding tert-OH is 1. The third kappa shape index (κ3) is 2.88. The first-order valence-corrected chi connectivity index (χ1v) is 7.24. The van der Waals surface area contributed by atoms with Gasteiger partial charge in [0.05, 0.1) is 29.1 Å². The van der Waals surface area contributed by atoms with Crippen LogP contribution in [0.1, 0.15) is 28.6 Å². The molecule has 5 heteroatoms. The van der Waals surface area contributed by atoms with Crippen LogP contribution in [0.25, 0.3) is 0 Å². The Morgan fingerprint density at radius 1 is 1.40 bits per heavy atom. The normalized spacial score (nSPS) is 12.5. The van der Waals surface area contributed by atoms with Gasteiger partial charge in [0.25, 0.3) is 0 Å². The van der Waals surface area contributed by atoms with Gasteiger partial charge in [-0.15, -0.1) is 0 Å². The molecule has 0 saturated heterocycles. The summed E-state index contributed by atoms with van der Waals surface area (Å²) in [5.74, 6) is 0.715. The number of hydrogen-bond acceptors (Lipinski definition) is 3. The van der Waals surface area contributed by atoms with E-state index in [0.29, 0.717) is 12.2 Å². The second-order valence-electron chi connectivity index (χ2n) is 4.94. The minimum absolute atomic E-state index is 0.483. The summed E-state index contributed by atoms with van der Waals surface area (Å²) in [6, 6.07) is 5.82. The Morgan fingerprint density at radius 2 is 2.10 bits per heavy atom. The molecule has 1 atom stereocenters. The molecule has 0 aliphatic carbocycles. The van der Waals surface area contributed by atoms with Gasteiger partial charge in [0.2, 0.25) is 0 Å². The van der Waals surface area contributed by atoms with E-state index < -0.39 is 6.10 Å². The molecule has 0 radical (unpaired) electrons. The van der Waals surface area contributed by atoms with Crippen molar-refractivity contribution in [2.45, 2.75) is 26.4 Å². The van der Waals surface area contributed by atoms with Gasteiger partial charge in [-0.2, -0.15) is 5.10 Å². The van der Waals surface area contributed by atoms with Crippen molar-refractivity contribution < 1.29 is 9.84 Å². The van der Waals surface area contributed by atoms with Crippen molar-refractivity contribution in [3.05, 3.63) is 45.2 Å². The third-order valence-electron chi connectivity index (χ3n) is 3.40. The Hall–Kier alpha value is -1.33. The van der Waals surface area contributed by atoms with Gasteiger partial charge in [-0.05, 0) is 41.4 Å². The fourth-order valence-corrected chi connectivity index (χ4v) is 2.79. The smallest absolute Gasteiger partial charge is 0.124 e. The Bertz CT molecular complexity index is 623. The second-order valence-corrected chi connectivity index (χ2v) is 5.73. The maximum Gasteiger partial charge on any atom is 0.124 e. The standard InChI is InChI=1S/C15H19BrN2O2/c1-9-5-6-11(14(7-9)20-4)13(19)8-12-15(16)10(2)17-18(12)3/h5-7,13,19H,8H2,1-4H3. The van der Waals surface area contributed by atoms with Gasteiger partial charge < -0.3 is 9.84 Å². The van der Waals surface area contributed by atoms with Crippen LogP contribution in [0.4, 0.5) is 0 Å². The Labute approximate surface area is 127 Å². The van der Waals surface area contributed by atoms with Crippen molar-refractivity contribution in [2.24, 2.45) is 7.05 Å². The summed E-state index contributed by atoms with van der Waals surface area (Å²) in [6.07, 6.45) is -0.145. The maximum absolute atomic E-state index is 10.5. The molecule has 1 aromatic carbocycles. The number of benzene rings is 1. The second kappa shape index (κ2) is 5.97. The lowest BCUT2D eigenvalue weighted by Gasteiger charge is -2.16. The highest BCUT2D eigenvalue weighted by atomic mass is 79.9. The molecule has 0 spiro atoms. The molecular formula is C15H19BrN2O2. The number of aromatic nitrogens is 2. The molecule has 0 bridgehead atoms.